The zero-order valence-corrected chi connectivity index (χ0v) is 7.08. The summed E-state index contributed by atoms with van der Waals surface area (Å²) in [5, 5.41) is 18.4. The van der Waals surface area contributed by atoms with E-state index in [1.165, 1.54) is 0 Å². The molecule has 0 saturated carbocycles. The van der Waals surface area contributed by atoms with Gasteiger partial charge in [0, 0.05) is 11.8 Å². The maximum Gasteiger partial charge on any atom is 0.0834 e. The number of rotatable bonds is 4. The van der Waals surface area contributed by atoms with E-state index in [-0.39, 0.29) is 12.7 Å². The lowest BCUT2D eigenvalue weighted by Gasteiger charge is -2.27. The van der Waals surface area contributed by atoms with Crippen molar-refractivity contribution >= 4 is 0 Å². The van der Waals surface area contributed by atoms with Gasteiger partial charge in [-0.2, -0.15) is 0 Å². The maximum atomic E-state index is 9.55. The Morgan fingerprint density at radius 1 is 1.64 bits per heavy atom. The summed E-state index contributed by atoms with van der Waals surface area (Å²) < 4.78 is 4.98. The van der Waals surface area contributed by atoms with Crippen LogP contribution >= 0.6 is 0 Å². The van der Waals surface area contributed by atoms with Gasteiger partial charge < -0.3 is 14.9 Å². The molecule has 1 heterocycles. The molecule has 1 saturated heterocycles. The Kier molecular flexibility index (Phi) is 2.52. The lowest BCUT2D eigenvalue weighted by atomic mass is 9.85. The van der Waals surface area contributed by atoms with Gasteiger partial charge in [0.25, 0.3) is 0 Å². The molecule has 66 valence electrons. The monoisotopic (exact) mass is 160 g/mol. The molecule has 1 aliphatic rings. The lowest BCUT2D eigenvalue weighted by Crippen LogP contribution is -2.33. The molecular weight excluding hydrogens is 144 g/mol. The lowest BCUT2D eigenvalue weighted by molar-refractivity contribution is -0.00117. The van der Waals surface area contributed by atoms with Crippen LogP contribution in [0.2, 0.25) is 0 Å². The molecule has 0 aliphatic carbocycles. The highest BCUT2D eigenvalue weighted by Gasteiger charge is 2.33. The van der Waals surface area contributed by atoms with Crippen LogP contribution in [-0.2, 0) is 4.74 Å². The quantitative estimate of drug-likeness (QED) is 0.576. The van der Waals surface area contributed by atoms with Gasteiger partial charge >= 0.3 is 0 Å². The zero-order valence-electron chi connectivity index (χ0n) is 7.08. The van der Waals surface area contributed by atoms with E-state index in [1.54, 1.807) is 0 Å². The topological polar surface area (TPSA) is 53.0 Å². The number of epoxide rings is 1. The molecule has 11 heavy (non-hydrogen) atoms. The summed E-state index contributed by atoms with van der Waals surface area (Å²) in [4.78, 5) is 0. The summed E-state index contributed by atoms with van der Waals surface area (Å²) in [5.74, 6) is 0. The Morgan fingerprint density at radius 2 is 2.18 bits per heavy atom. The van der Waals surface area contributed by atoms with Gasteiger partial charge in [0.2, 0.25) is 0 Å². The summed E-state index contributed by atoms with van der Waals surface area (Å²) >= 11 is 0. The van der Waals surface area contributed by atoms with Gasteiger partial charge in [-0.15, -0.1) is 0 Å². The molecule has 0 bridgehead atoms. The Hall–Kier alpha value is -0.120. The van der Waals surface area contributed by atoms with E-state index in [4.69, 9.17) is 9.84 Å². The van der Waals surface area contributed by atoms with Crippen molar-refractivity contribution in [3.63, 3.8) is 0 Å². The predicted octanol–water partition coefficient (Wildman–Crippen LogP) is 0.155. The molecule has 0 aromatic rings. The highest BCUT2D eigenvalue weighted by molar-refractivity contribution is 4.82. The van der Waals surface area contributed by atoms with E-state index in [1.807, 2.05) is 13.8 Å². The minimum Gasteiger partial charge on any atom is -0.396 e. The van der Waals surface area contributed by atoms with Crippen LogP contribution in [0, 0.1) is 5.41 Å². The van der Waals surface area contributed by atoms with E-state index in [2.05, 4.69) is 0 Å². The van der Waals surface area contributed by atoms with E-state index in [0.29, 0.717) is 6.42 Å². The van der Waals surface area contributed by atoms with Crippen molar-refractivity contribution in [3.8, 4) is 0 Å². The molecular formula is C8H16O3. The molecule has 1 rings (SSSR count). The summed E-state index contributed by atoms with van der Waals surface area (Å²) in [6, 6.07) is 0. The fourth-order valence-electron chi connectivity index (χ4n) is 0.878. The number of hydrogen-bond donors (Lipinski definition) is 2. The third kappa shape index (κ3) is 2.43. The second kappa shape index (κ2) is 3.09. The van der Waals surface area contributed by atoms with Crippen LogP contribution in [0.25, 0.3) is 0 Å². The largest absolute Gasteiger partial charge is 0.396 e. The van der Waals surface area contributed by atoms with Crippen LogP contribution < -0.4 is 0 Å². The fraction of sp³-hybridized carbons (Fsp3) is 1.00. The SMILES string of the molecule is CC(C)(CO)C(O)CC1CO1. The van der Waals surface area contributed by atoms with Gasteiger partial charge in [-0.05, 0) is 0 Å². The Bertz CT molecular complexity index is 129. The molecule has 0 amide bonds. The number of hydrogen-bond acceptors (Lipinski definition) is 3. The third-order valence-corrected chi connectivity index (χ3v) is 2.20. The highest BCUT2D eigenvalue weighted by Crippen LogP contribution is 2.27. The fourth-order valence-corrected chi connectivity index (χ4v) is 0.878. The molecule has 1 aliphatic heterocycles. The highest BCUT2D eigenvalue weighted by atomic mass is 16.6. The van der Waals surface area contributed by atoms with Crippen LogP contribution in [0.1, 0.15) is 20.3 Å². The zero-order chi connectivity index (χ0) is 8.48. The van der Waals surface area contributed by atoms with E-state index in [0.717, 1.165) is 6.61 Å². The normalized spacial score (nSPS) is 26.7. The summed E-state index contributed by atoms with van der Waals surface area (Å²) in [5.41, 5.74) is -0.397. The molecule has 0 spiro atoms. The molecule has 0 aromatic heterocycles. The summed E-state index contributed by atoms with van der Waals surface area (Å²) in [6.45, 7) is 4.47. The third-order valence-electron chi connectivity index (χ3n) is 2.20. The smallest absolute Gasteiger partial charge is 0.0834 e. The summed E-state index contributed by atoms with van der Waals surface area (Å²) in [6.07, 6.45) is 0.420. The Morgan fingerprint density at radius 3 is 2.55 bits per heavy atom. The second-order valence-electron chi connectivity index (χ2n) is 3.85. The van der Waals surface area contributed by atoms with Crippen molar-refractivity contribution in [2.75, 3.05) is 13.2 Å². The van der Waals surface area contributed by atoms with Crippen LogP contribution in [0.5, 0.6) is 0 Å². The van der Waals surface area contributed by atoms with Crippen LogP contribution in [0.3, 0.4) is 0 Å². The first-order valence-corrected chi connectivity index (χ1v) is 3.97. The Labute approximate surface area is 67.0 Å². The first-order valence-electron chi connectivity index (χ1n) is 3.97. The summed E-state index contributed by atoms with van der Waals surface area (Å²) in [7, 11) is 0. The molecule has 0 radical (unpaired) electrons. The number of aliphatic hydroxyl groups is 2. The standard InChI is InChI=1S/C8H16O3/c1-8(2,5-9)7(10)3-6-4-11-6/h6-7,9-10H,3-5H2,1-2H3. The minimum absolute atomic E-state index is 0.0148. The van der Waals surface area contributed by atoms with Crippen molar-refractivity contribution in [2.45, 2.75) is 32.5 Å². The molecule has 3 nitrogen and oxygen atoms in total. The first kappa shape index (κ1) is 8.97. The van der Waals surface area contributed by atoms with Crippen LogP contribution in [-0.4, -0.2) is 35.6 Å². The molecule has 2 N–H and O–H groups in total. The molecule has 2 atom stereocenters. The van der Waals surface area contributed by atoms with E-state index in [9.17, 15) is 5.11 Å². The molecule has 3 heteroatoms. The van der Waals surface area contributed by atoms with Gasteiger partial charge in [0.1, 0.15) is 0 Å². The maximum absolute atomic E-state index is 9.55. The first-order chi connectivity index (χ1) is 5.06. The van der Waals surface area contributed by atoms with Gasteiger partial charge in [0.15, 0.2) is 0 Å². The minimum atomic E-state index is -0.458. The molecule has 1 fully saturated rings. The van der Waals surface area contributed by atoms with E-state index >= 15 is 0 Å². The van der Waals surface area contributed by atoms with Crippen molar-refractivity contribution < 1.29 is 14.9 Å². The average Bonchev–Trinajstić information content (AvgIpc) is 2.72. The van der Waals surface area contributed by atoms with E-state index < -0.39 is 11.5 Å². The van der Waals surface area contributed by atoms with Gasteiger partial charge in [0.05, 0.1) is 25.4 Å². The van der Waals surface area contributed by atoms with Gasteiger partial charge in [-0.25, -0.2) is 0 Å². The van der Waals surface area contributed by atoms with Crippen molar-refractivity contribution in [1.29, 1.82) is 0 Å². The van der Waals surface area contributed by atoms with Crippen LogP contribution in [0.4, 0.5) is 0 Å². The van der Waals surface area contributed by atoms with Crippen LogP contribution in [0.15, 0.2) is 0 Å². The number of aliphatic hydroxyl groups excluding tert-OH is 2. The predicted molar refractivity (Wildman–Crippen MR) is 41.2 cm³/mol. The average molecular weight is 160 g/mol. The van der Waals surface area contributed by atoms with Crippen molar-refractivity contribution in [2.24, 2.45) is 5.41 Å². The second-order valence-corrected chi connectivity index (χ2v) is 3.85. The Balaban J connectivity index is 2.31. The molecule has 2 unspecified atom stereocenters. The van der Waals surface area contributed by atoms with Gasteiger partial charge in [-0.1, -0.05) is 13.8 Å². The van der Waals surface area contributed by atoms with Crippen molar-refractivity contribution in [1.82, 2.24) is 0 Å². The molecule has 0 aromatic carbocycles. The van der Waals surface area contributed by atoms with Gasteiger partial charge in [-0.3, -0.25) is 0 Å². The number of ether oxygens (including phenoxy) is 1. The van der Waals surface area contributed by atoms with Crippen molar-refractivity contribution in [3.05, 3.63) is 0 Å².